The maximum absolute atomic E-state index is 6.00. The summed E-state index contributed by atoms with van der Waals surface area (Å²) >= 11 is 0. The fourth-order valence-electron chi connectivity index (χ4n) is 0.340. The van der Waals surface area contributed by atoms with Crippen LogP contribution >= 0.6 is 0 Å². The average Bonchev–Trinajstić information content (AvgIpc) is 2.23. The van der Waals surface area contributed by atoms with Gasteiger partial charge in [0.15, 0.2) is 0 Å². The Balaban J connectivity index is 0.000000162. The van der Waals surface area contributed by atoms with Gasteiger partial charge in [0.05, 0.1) is 12.9 Å². The molecule has 0 saturated heterocycles. The highest BCUT2D eigenvalue weighted by atomic mass is 17.0. The van der Waals surface area contributed by atoms with Crippen LogP contribution in [0.25, 0.3) is 0 Å². The van der Waals surface area contributed by atoms with Crippen LogP contribution in [0.3, 0.4) is 0 Å². The fraction of sp³-hybridized carbons (Fsp3) is 0.500. The highest BCUT2D eigenvalue weighted by Gasteiger charge is 1.83. The predicted octanol–water partition coefficient (Wildman–Crippen LogP) is 0.938. The summed E-state index contributed by atoms with van der Waals surface area (Å²) in [6.45, 7) is 0.889. The van der Waals surface area contributed by atoms with E-state index in [9.17, 15) is 0 Å². The largest absolute Gasteiger partial charge is 0.501 e. The van der Waals surface area contributed by atoms with Gasteiger partial charge in [-0.25, -0.2) is 0 Å². The summed E-state index contributed by atoms with van der Waals surface area (Å²) < 4.78 is 4.76. The molecule has 3 heteroatoms. The Bertz CT molecular complexity index is 44.9. The third-order valence-electron chi connectivity index (χ3n) is 0.595. The number of hydrogen-bond acceptors (Lipinski definition) is 3. The molecule has 1 aliphatic rings. The predicted molar refractivity (Wildman–Crippen MR) is 25.0 cm³/mol. The Morgan fingerprint density at radius 2 is 2.14 bits per heavy atom. The van der Waals surface area contributed by atoms with E-state index in [4.69, 9.17) is 15.3 Å². The average molecular weight is 104 g/mol. The normalized spacial score (nSPS) is 14.6. The molecule has 0 aromatic carbocycles. The Kier molecular flexibility index (Phi) is 5.04. The summed E-state index contributed by atoms with van der Waals surface area (Å²) in [7, 11) is 0. The van der Waals surface area contributed by atoms with Crippen molar-refractivity contribution in [3.8, 4) is 0 Å². The summed E-state index contributed by atoms with van der Waals surface area (Å²) in [5.41, 5.74) is 0. The maximum atomic E-state index is 6.00. The molecule has 0 aromatic rings. The lowest BCUT2D eigenvalue weighted by molar-refractivity contribution is -0.176. The minimum absolute atomic E-state index is 0.889. The minimum Gasteiger partial charge on any atom is -0.501 e. The van der Waals surface area contributed by atoms with Gasteiger partial charge in [0.25, 0.3) is 0 Å². The zero-order valence-corrected chi connectivity index (χ0v) is 3.87. The van der Waals surface area contributed by atoms with Gasteiger partial charge in [0.2, 0.25) is 0 Å². The van der Waals surface area contributed by atoms with Crippen molar-refractivity contribution < 1.29 is 15.3 Å². The molecule has 0 saturated carbocycles. The molecule has 0 aliphatic carbocycles. The number of ether oxygens (including phenoxy) is 1. The molecule has 0 aromatic heterocycles. The van der Waals surface area contributed by atoms with E-state index in [-0.39, 0.29) is 0 Å². The first kappa shape index (κ1) is 6.46. The van der Waals surface area contributed by atoms with Crippen molar-refractivity contribution in [2.75, 3.05) is 6.61 Å². The lowest BCUT2D eigenvalue weighted by Gasteiger charge is -1.79. The summed E-state index contributed by atoms with van der Waals surface area (Å²) in [4.78, 5) is 0. The molecule has 1 aliphatic heterocycles. The second-order valence-corrected chi connectivity index (χ2v) is 1.03. The van der Waals surface area contributed by atoms with Crippen molar-refractivity contribution in [3.05, 3.63) is 12.3 Å². The van der Waals surface area contributed by atoms with Gasteiger partial charge in [-0.3, -0.25) is 10.5 Å². The van der Waals surface area contributed by atoms with Gasteiger partial charge in [0, 0.05) is 6.42 Å². The van der Waals surface area contributed by atoms with Crippen molar-refractivity contribution in [1.82, 2.24) is 0 Å². The summed E-state index contributed by atoms with van der Waals surface area (Å²) in [6.07, 6.45) is 4.85. The van der Waals surface area contributed by atoms with E-state index in [0.717, 1.165) is 13.0 Å². The quantitative estimate of drug-likeness (QED) is 0.355. The third kappa shape index (κ3) is 3.29. The maximum Gasteiger partial charge on any atom is 0.0908 e. The Labute approximate surface area is 41.8 Å². The van der Waals surface area contributed by atoms with Gasteiger partial charge in [-0.1, -0.05) is 0 Å². The molecule has 0 radical (unpaired) electrons. The van der Waals surface area contributed by atoms with Crippen LogP contribution in [0, 0.1) is 0 Å². The monoisotopic (exact) mass is 104 g/mol. The van der Waals surface area contributed by atoms with E-state index in [2.05, 4.69) is 0 Å². The smallest absolute Gasteiger partial charge is 0.0908 e. The van der Waals surface area contributed by atoms with Gasteiger partial charge >= 0.3 is 0 Å². The van der Waals surface area contributed by atoms with Crippen LogP contribution in [-0.2, 0) is 4.74 Å². The Morgan fingerprint density at radius 3 is 2.29 bits per heavy atom. The molecular formula is C4H8O3. The van der Waals surface area contributed by atoms with E-state index in [1.54, 1.807) is 6.26 Å². The summed E-state index contributed by atoms with van der Waals surface area (Å²) in [6, 6.07) is 0. The van der Waals surface area contributed by atoms with Crippen LogP contribution in [-0.4, -0.2) is 17.1 Å². The van der Waals surface area contributed by atoms with Crippen LogP contribution in [0.5, 0.6) is 0 Å². The van der Waals surface area contributed by atoms with E-state index in [1.165, 1.54) is 0 Å². The first-order chi connectivity index (χ1) is 3.50. The van der Waals surface area contributed by atoms with Gasteiger partial charge < -0.3 is 4.74 Å². The lowest BCUT2D eigenvalue weighted by Crippen LogP contribution is -1.70. The zero-order valence-electron chi connectivity index (χ0n) is 3.87. The first-order valence-electron chi connectivity index (χ1n) is 1.97. The zero-order chi connectivity index (χ0) is 5.54. The molecule has 1 rings (SSSR count). The van der Waals surface area contributed by atoms with Gasteiger partial charge in [0.1, 0.15) is 0 Å². The van der Waals surface area contributed by atoms with Crippen molar-refractivity contribution in [2.45, 2.75) is 6.42 Å². The van der Waals surface area contributed by atoms with Crippen LogP contribution in [0.1, 0.15) is 6.42 Å². The fourth-order valence-corrected chi connectivity index (χ4v) is 0.340. The molecular weight excluding hydrogens is 96.0 g/mol. The van der Waals surface area contributed by atoms with E-state index >= 15 is 0 Å². The minimum atomic E-state index is 0.889. The number of rotatable bonds is 0. The molecule has 42 valence electrons. The molecule has 0 amide bonds. The molecule has 0 unspecified atom stereocenters. The molecule has 0 atom stereocenters. The standard InChI is InChI=1S/C4H6O.H2O2/c1-2-4-5-3-1;1-2/h1,3H,2,4H2;1-2H. The summed E-state index contributed by atoms with van der Waals surface area (Å²) in [5.74, 6) is 0. The van der Waals surface area contributed by atoms with Crippen molar-refractivity contribution >= 4 is 0 Å². The topological polar surface area (TPSA) is 49.7 Å². The molecule has 0 bridgehead atoms. The van der Waals surface area contributed by atoms with Crippen molar-refractivity contribution in [2.24, 2.45) is 0 Å². The van der Waals surface area contributed by atoms with Gasteiger partial charge in [-0.05, 0) is 6.08 Å². The van der Waals surface area contributed by atoms with Crippen molar-refractivity contribution in [3.63, 3.8) is 0 Å². The summed E-state index contributed by atoms with van der Waals surface area (Å²) in [5, 5.41) is 12.0. The van der Waals surface area contributed by atoms with Gasteiger partial charge in [-0.2, -0.15) is 0 Å². The second kappa shape index (κ2) is 5.46. The highest BCUT2D eigenvalue weighted by molar-refractivity contribution is 4.78. The first-order valence-corrected chi connectivity index (χ1v) is 1.97. The van der Waals surface area contributed by atoms with Gasteiger partial charge in [-0.15, -0.1) is 0 Å². The SMILES string of the molecule is C1=COCC1.OO. The van der Waals surface area contributed by atoms with Crippen LogP contribution < -0.4 is 0 Å². The van der Waals surface area contributed by atoms with Crippen LogP contribution in [0.4, 0.5) is 0 Å². The van der Waals surface area contributed by atoms with Crippen LogP contribution in [0.15, 0.2) is 12.3 Å². The molecule has 0 spiro atoms. The van der Waals surface area contributed by atoms with Crippen molar-refractivity contribution in [1.29, 1.82) is 0 Å². The van der Waals surface area contributed by atoms with E-state index in [0.29, 0.717) is 0 Å². The highest BCUT2D eigenvalue weighted by Crippen LogP contribution is 1.93. The molecule has 1 heterocycles. The molecule has 7 heavy (non-hydrogen) atoms. The lowest BCUT2D eigenvalue weighted by atomic mass is 10.5. The van der Waals surface area contributed by atoms with E-state index < -0.39 is 0 Å². The molecule has 2 N–H and O–H groups in total. The molecule has 0 fully saturated rings. The third-order valence-corrected chi connectivity index (χ3v) is 0.595. The molecule has 3 nitrogen and oxygen atoms in total. The Morgan fingerprint density at radius 1 is 1.43 bits per heavy atom. The Hall–Kier alpha value is -0.540. The van der Waals surface area contributed by atoms with Crippen LogP contribution in [0.2, 0.25) is 0 Å². The number of hydrogen-bond donors (Lipinski definition) is 2. The second-order valence-electron chi connectivity index (χ2n) is 1.03. The van der Waals surface area contributed by atoms with E-state index in [1.807, 2.05) is 6.08 Å².